The van der Waals surface area contributed by atoms with Crippen LogP contribution in [0.25, 0.3) is 32.7 Å². The molecule has 172 valence electrons. The van der Waals surface area contributed by atoms with Gasteiger partial charge in [0.2, 0.25) is 12.7 Å². The standard InChI is InChI=1S/C25H28N4O4/c1-2-3-7-15(24(30)28-26)8-6-11-29-19-13-21-20(32-14-33-21)12-18(19)22-23(29)16-9-4-5-10-17(16)25(31)27-22/h4-5,9-10,12-13,15H,2-3,6-8,11,14,26H2,1H3,(H,27,31)(H,28,30). The first-order valence-corrected chi connectivity index (χ1v) is 11.5. The molecule has 0 bridgehead atoms. The molecule has 0 aliphatic carbocycles. The molecule has 1 amide bonds. The number of nitrogens with one attached hydrogen (secondary N) is 2. The zero-order valence-electron chi connectivity index (χ0n) is 18.6. The third-order valence-corrected chi connectivity index (χ3v) is 6.58. The summed E-state index contributed by atoms with van der Waals surface area (Å²) in [5.41, 5.74) is 4.93. The summed E-state index contributed by atoms with van der Waals surface area (Å²) >= 11 is 0. The molecule has 4 aromatic rings. The summed E-state index contributed by atoms with van der Waals surface area (Å²) in [6.07, 6.45) is 4.37. The van der Waals surface area contributed by atoms with Crippen LogP contribution >= 0.6 is 0 Å². The molecule has 8 heteroatoms. The summed E-state index contributed by atoms with van der Waals surface area (Å²) in [6, 6.07) is 11.6. The van der Waals surface area contributed by atoms with Gasteiger partial charge in [-0.3, -0.25) is 15.0 Å². The van der Waals surface area contributed by atoms with Crippen molar-refractivity contribution in [3.05, 3.63) is 46.8 Å². The molecule has 0 saturated carbocycles. The fourth-order valence-electron chi connectivity index (χ4n) is 4.92. The second kappa shape index (κ2) is 8.78. The molecule has 0 spiro atoms. The van der Waals surface area contributed by atoms with Crippen molar-refractivity contribution >= 4 is 38.6 Å². The number of fused-ring (bicyclic) bond motifs is 6. The van der Waals surface area contributed by atoms with Crippen molar-refractivity contribution in [2.24, 2.45) is 11.8 Å². The van der Waals surface area contributed by atoms with Gasteiger partial charge in [-0.1, -0.05) is 38.0 Å². The van der Waals surface area contributed by atoms with E-state index in [9.17, 15) is 9.59 Å². The Hall–Kier alpha value is -3.52. The largest absolute Gasteiger partial charge is 0.454 e. The maximum atomic E-state index is 12.8. The Balaban J connectivity index is 1.61. The van der Waals surface area contributed by atoms with Crippen LogP contribution in [0.3, 0.4) is 0 Å². The van der Waals surface area contributed by atoms with Crippen molar-refractivity contribution in [1.82, 2.24) is 15.0 Å². The minimum absolute atomic E-state index is 0.108. The minimum Gasteiger partial charge on any atom is -0.454 e. The highest BCUT2D eigenvalue weighted by atomic mass is 16.7. The monoisotopic (exact) mass is 448 g/mol. The quantitative estimate of drug-likeness (QED) is 0.215. The van der Waals surface area contributed by atoms with Crippen molar-refractivity contribution in [3.63, 3.8) is 0 Å². The van der Waals surface area contributed by atoms with Gasteiger partial charge in [0.1, 0.15) is 0 Å². The Morgan fingerprint density at radius 3 is 2.61 bits per heavy atom. The molecule has 1 aliphatic rings. The molecule has 2 aromatic heterocycles. The van der Waals surface area contributed by atoms with E-state index in [1.54, 1.807) is 0 Å². The second-order valence-electron chi connectivity index (χ2n) is 8.59. The highest BCUT2D eigenvalue weighted by molar-refractivity contribution is 6.16. The lowest BCUT2D eigenvalue weighted by molar-refractivity contribution is -0.125. The number of benzene rings is 2. The number of nitrogens with two attached hydrogens (primary N) is 1. The molecule has 3 heterocycles. The van der Waals surface area contributed by atoms with Crippen LogP contribution in [-0.4, -0.2) is 22.3 Å². The van der Waals surface area contributed by atoms with Crippen LogP contribution in [0.5, 0.6) is 11.5 Å². The van der Waals surface area contributed by atoms with E-state index < -0.39 is 0 Å². The number of carbonyl (C=O) groups is 1. The minimum atomic E-state index is -0.117. The van der Waals surface area contributed by atoms with Gasteiger partial charge in [-0.25, -0.2) is 5.84 Å². The molecule has 0 fully saturated rings. The fraction of sp³-hybridized carbons (Fsp3) is 0.360. The van der Waals surface area contributed by atoms with Crippen molar-refractivity contribution < 1.29 is 14.3 Å². The van der Waals surface area contributed by atoms with Crippen LogP contribution in [0.15, 0.2) is 41.2 Å². The summed E-state index contributed by atoms with van der Waals surface area (Å²) < 4.78 is 13.4. The molecular formula is C25H28N4O4. The first-order chi connectivity index (χ1) is 16.1. The fourth-order valence-corrected chi connectivity index (χ4v) is 4.92. The molecule has 1 unspecified atom stereocenters. The average molecular weight is 449 g/mol. The highest BCUT2D eigenvalue weighted by Crippen LogP contribution is 2.40. The number of aromatic amines is 1. The number of hydrazine groups is 1. The second-order valence-corrected chi connectivity index (χ2v) is 8.59. The molecule has 2 aromatic carbocycles. The molecule has 0 radical (unpaired) electrons. The zero-order chi connectivity index (χ0) is 22.9. The Bertz CT molecular complexity index is 1400. The summed E-state index contributed by atoms with van der Waals surface area (Å²) in [7, 11) is 0. The van der Waals surface area contributed by atoms with Gasteiger partial charge in [-0.05, 0) is 31.4 Å². The SMILES string of the molecule is CCCCC(CCCn1c2cc3c(cc2c2[nH]c(=O)c4ccccc4c21)OCO3)C(=O)NN. The number of pyridine rings is 1. The molecule has 5 rings (SSSR count). The summed E-state index contributed by atoms with van der Waals surface area (Å²) in [4.78, 5) is 28.2. The lowest BCUT2D eigenvalue weighted by Crippen LogP contribution is -2.36. The molecule has 33 heavy (non-hydrogen) atoms. The first kappa shape index (κ1) is 21.3. The number of aryl methyl sites for hydroxylation is 1. The van der Waals surface area contributed by atoms with E-state index in [2.05, 4.69) is 21.9 Å². The number of hydrogen-bond acceptors (Lipinski definition) is 5. The number of ether oxygens (including phenoxy) is 2. The van der Waals surface area contributed by atoms with Gasteiger partial charge in [-0.15, -0.1) is 0 Å². The maximum absolute atomic E-state index is 12.8. The Morgan fingerprint density at radius 2 is 1.85 bits per heavy atom. The predicted molar refractivity (Wildman–Crippen MR) is 128 cm³/mol. The molecule has 1 atom stereocenters. The Kier molecular flexibility index (Phi) is 5.68. The van der Waals surface area contributed by atoms with Gasteiger partial charge in [0, 0.05) is 34.7 Å². The van der Waals surface area contributed by atoms with Crippen LogP contribution in [0, 0.1) is 5.92 Å². The lowest BCUT2D eigenvalue weighted by Gasteiger charge is -2.16. The number of aromatic nitrogens is 2. The number of nitrogens with zero attached hydrogens (tertiary/aromatic N) is 1. The van der Waals surface area contributed by atoms with Crippen molar-refractivity contribution in [2.75, 3.05) is 6.79 Å². The lowest BCUT2D eigenvalue weighted by atomic mass is 9.96. The zero-order valence-corrected chi connectivity index (χ0v) is 18.6. The van der Waals surface area contributed by atoms with Gasteiger partial charge < -0.3 is 19.0 Å². The third-order valence-electron chi connectivity index (χ3n) is 6.58. The number of H-pyrrole nitrogens is 1. The van der Waals surface area contributed by atoms with E-state index in [1.165, 1.54) is 0 Å². The highest BCUT2D eigenvalue weighted by Gasteiger charge is 2.22. The van der Waals surface area contributed by atoms with Crippen LogP contribution < -0.4 is 26.3 Å². The van der Waals surface area contributed by atoms with Crippen LogP contribution in [0.4, 0.5) is 0 Å². The van der Waals surface area contributed by atoms with E-state index in [0.29, 0.717) is 23.4 Å². The maximum Gasteiger partial charge on any atom is 0.256 e. The number of hydrogen-bond donors (Lipinski definition) is 3. The third kappa shape index (κ3) is 3.70. The van der Waals surface area contributed by atoms with Crippen molar-refractivity contribution in [3.8, 4) is 11.5 Å². The Morgan fingerprint density at radius 1 is 1.12 bits per heavy atom. The summed E-state index contributed by atoms with van der Waals surface area (Å²) in [6.45, 7) is 2.99. The van der Waals surface area contributed by atoms with Gasteiger partial charge in [0.05, 0.1) is 16.6 Å². The smallest absolute Gasteiger partial charge is 0.256 e. The van der Waals surface area contributed by atoms with Crippen molar-refractivity contribution in [2.45, 2.75) is 45.6 Å². The molecule has 0 saturated heterocycles. The molecular weight excluding hydrogens is 420 g/mol. The van der Waals surface area contributed by atoms with E-state index in [1.807, 2.05) is 36.4 Å². The number of rotatable bonds is 8. The number of carbonyl (C=O) groups excluding carboxylic acids is 1. The Labute approximate surface area is 190 Å². The summed E-state index contributed by atoms with van der Waals surface area (Å²) in [5, 5.41) is 2.47. The number of unbranched alkanes of at least 4 members (excludes halogenated alkanes) is 1. The van der Waals surface area contributed by atoms with Crippen LogP contribution in [-0.2, 0) is 11.3 Å². The van der Waals surface area contributed by atoms with Gasteiger partial charge in [-0.2, -0.15) is 0 Å². The van der Waals surface area contributed by atoms with E-state index in [4.69, 9.17) is 15.3 Å². The normalized spacial score (nSPS) is 13.8. The molecule has 1 aliphatic heterocycles. The van der Waals surface area contributed by atoms with E-state index in [-0.39, 0.29) is 24.2 Å². The first-order valence-electron chi connectivity index (χ1n) is 11.5. The molecule has 4 N–H and O–H groups in total. The van der Waals surface area contributed by atoms with E-state index >= 15 is 0 Å². The van der Waals surface area contributed by atoms with Gasteiger partial charge in [0.15, 0.2) is 11.5 Å². The summed E-state index contributed by atoms with van der Waals surface area (Å²) in [5.74, 6) is 6.58. The topological polar surface area (TPSA) is 111 Å². The van der Waals surface area contributed by atoms with Crippen molar-refractivity contribution in [1.29, 1.82) is 0 Å². The average Bonchev–Trinajstić information content (AvgIpc) is 3.41. The predicted octanol–water partition coefficient (Wildman–Crippen LogP) is 3.94. The van der Waals surface area contributed by atoms with Crippen LogP contribution in [0.1, 0.15) is 39.0 Å². The molecule has 8 nitrogen and oxygen atoms in total. The van der Waals surface area contributed by atoms with Gasteiger partial charge >= 0.3 is 0 Å². The van der Waals surface area contributed by atoms with Crippen LogP contribution in [0.2, 0.25) is 0 Å². The number of amides is 1. The van der Waals surface area contributed by atoms with Gasteiger partial charge in [0.25, 0.3) is 5.56 Å². The van der Waals surface area contributed by atoms with E-state index in [0.717, 1.165) is 59.4 Å².